The Morgan fingerprint density at radius 3 is 2.34 bits per heavy atom. The van der Waals surface area contributed by atoms with Crippen molar-refractivity contribution in [3.05, 3.63) is 83.2 Å². The number of aromatic nitrogens is 1. The molecule has 0 bridgehead atoms. The molecule has 1 aromatic heterocycles. The van der Waals surface area contributed by atoms with E-state index in [1.54, 1.807) is 37.1 Å². The van der Waals surface area contributed by atoms with Gasteiger partial charge in [-0.05, 0) is 48.9 Å². The Morgan fingerprint density at radius 2 is 1.69 bits per heavy atom. The molecule has 3 aromatic rings. The van der Waals surface area contributed by atoms with Crippen LogP contribution in [0.15, 0.2) is 54.6 Å². The molecule has 0 spiro atoms. The highest BCUT2D eigenvalue weighted by Crippen LogP contribution is 2.28. The van der Waals surface area contributed by atoms with E-state index in [9.17, 15) is 18.0 Å². The fourth-order valence-electron chi connectivity index (χ4n) is 2.87. The van der Waals surface area contributed by atoms with Crippen LogP contribution in [0.5, 0.6) is 0 Å². The van der Waals surface area contributed by atoms with Crippen LogP contribution in [0.2, 0.25) is 0 Å². The Kier molecular flexibility index (Phi) is 6.16. The van der Waals surface area contributed by atoms with Crippen molar-refractivity contribution >= 4 is 11.8 Å². The van der Waals surface area contributed by atoms with Crippen LogP contribution in [-0.4, -0.2) is 24.6 Å². The standard InChI is InChI=1S/C22H19F3N2O2/c1-3-29-22(28)18-10-11-20(27(2)13-14-4-6-15(23)7-5-14)26-21(18)17-9-8-16(24)12-19(17)25/h4-12H,3,13H2,1-2H3. The van der Waals surface area contributed by atoms with Crippen LogP contribution >= 0.6 is 0 Å². The second kappa shape index (κ2) is 8.77. The molecule has 0 saturated carbocycles. The highest BCUT2D eigenvalue weighted by molar-refractivity contribution is 5.96. The molecule has 2 aromatic carbocycles. The van der Waals surface area contributed by atoms with Gasteiger partial charge in [-0.25, -0.2) is 22.9 Å². The maximum Gasteiger partial charge on any atom is 0.340 e. The lowest BCUT2D eigenvalue weighted by Crippen LogP contribution is -2.19. The number of esters is 1. The number of anilines is 1. The van der Waals surface area contributed by atoms with E-state index in [-0.39, 0.29) is 29.2 Å². The van der Waals surface area contributed by atoms with E-state index >= 15 is 0 Å². The SMILES string of the molecule is CCOC(=O)c1ccc(N(C)Cc2ccc(F)cc2)nc1-c1ccc(F)cc1F. The summed E-state index contributed by atoms with van der Waals surface area (Å²) < 4.78 is 45.9. The van der Waals surface area contributed by atoms with Crippen molar-refractivity contribution in [1.29, 1.82) is 0 Å². The van der Waals surface area contributed by atoms with Gasteiger partial charge in [0.1, 0.15) is 23.3 Å². The van der Waals surface area contributed by atoms with E-state index in [2.05, 4.69) is 4.98 Å². The van der Waals surface area contributed by atoms with Gasteiger partial charge in [0, 0.05) is 25.2 Å². The van der Waals surface area contributed by atoms with Crippen LogP contribution in [0.1, 0.15) is 22.8 Å². The maximum atomic E-state index is 14.4. The first-order valence-electron chi connectivity index (χ1n) is 8.98. The normalized spacial score (nSPS) is 10.7. The second-order valence-electron chi connectivity index (χ2n) is 6.39. The van der Waals surface area contributed by atoms with Crippen LogP contribution in [-0.2, 0) is 11.3 Å². The van der Waals surface area contributed by atoms with Crippen molar-refractivity contribution in [2.45, 2.75) is 13.5 Å². The number of carbonyl (C=O) groups excluding carboxylic acids is 1. The Bertz CT molecular complexity index is 1020. The summed E-state index contributed by atoms with van der Waals surface area (Å²) in [5.74, 6) is -2.08. The van der Waals surface area contributed by atoms with Crippen molar-refractivity contribution in [2.75, 3.05) is 18.6 Å². The number of rotatable bonds is 6. The van der Waals surface area contributed by atoms with Crippen LogP contribution in [0.4, 0.5) is 19.0 Å². The van der Waals surface area contributed by atoms with Crippen LogP contribution in [0.25, 0.3) is 11.3 Å². The number of hydrogen-bond donors (Lipinski definition) is 0. The molecule has 1 heterocycles. The molecular formula is C22H19F3N2O2. The summed E-state index contributed by atoms with van der Waals surface area (Å²) in [6.07, 6.45) is 0. The van der Waals surface area contributed by atoms with Gasteiger partial charge in [0.15, 0.2) is 0 Å². The van der Waals surface area contributed by atoms with Crippen molar-refractivity contribution in [3.8, 4) is 11.3 Å². The molecular weight excluding hydrogens is 381 g/mol. The first-order chi connectivity index (χ1) is 13.9. The molecule has 7 heteroatoms. The predicted molar refractivity (Wildman–Crippen MR) is 104 cm³/mol. The Morgan fingerprint density at radius 1 is 1.00 bits per heavy atom. The van der Waals surface area contributed by atoms with Gasteiger partial charge in [0.25, 0.3) is 0 Å². The summed E-state index contributed by atoms with van der Waals surface area (Å²) in [5.41, 5.74) is 0.979. The lowest BCUT2D eigenvalue weighted by Gasteiger charge is -2.20. The molecule has 0 fully saturated rings. The zero-order chi connectivity index (χ0) is 21.0. The van der Waals surface area contributed by atoms with Crippen LogP contribution < -0.4 is 4.90 Å². The molecule has 0 atom stereocenters. The summed E-state index contributed by atoms with van der Waals surface area (Å²) in [6.45, 7) is 2.22. The van der Waals surface area contributed by atoms with Gasteiger partial charge in [0.05, 0.1) is 17.9 Å². The molecule has 150 valence electrons. The summed E-state index contributed by atoms with van der Waals surface area (Å²) in [5, 5.41) is 0. The summed E-state index contributed by atoms with van der Waals surface area (Å²) >= 11 is 0. The smallest absolute Gasteiger partial charge is 0.340 e. The lowest BCUT2D eigenvalue weighted by atomic mass is 10.0. The number of carbonyl (C=O) groups is 1. The Balaban J connectivity index is 2.01. The number of pyridine rings is 1. The quantitative estimate of drug-likeness (QED) is 0.548. The zero-order valence-corrected chi connectivity index (χ0v) is 16.0. The first kappa shape index (κ1) is 20.4. The predicted octanol–water partition coefficient (Wildman–Crippen LogP) is 4.98. The van der Waals surface area contributed by atoms with Gasteiger partial charge < -0.3 is 9.64 Å². The van der Waals surface area contributed by atoms with Crippen LogP contribution in [0.3, 0.4) is 0 Å². The maximum absolute atomic E-state index is 14.4. The average molecular weight is 400 g/mol. The second-order valence-corrected chi connectivity index (χ2v) is 6.39. The van der Waals surface area contributed by atoms with Crippen molar-refractivity contribution in [2.24, 2.45) is 0 Å². The summed E-state index contributed by atoms with van der Waals surface area (Å²) in [6, 6.07) is 12.2. The molecule has 0 unspecified atom stereocenters. The zero-order valence-electron chi connectivity index (χ0n) is 16.0. The van der Waals surface area contributed by atoms with Crippen molar-refractivity contribution < 1.29 is 22.7 Å². The fourth-order valence-corrected chi connectivity index (χ4v) is 2.87. The average Bonchev–Trinajstić information content (AvgIpc) is 2.69. The first-order valence-corrected chi connectivity index (χ1v) is 8.98. The minimum atomic E-state index is -0.832. The highest BCUT2D eigenvalue weighted by Gasteiger charge is 2.20. The number of benzene rings is 2. The van der Waals surface area contributed by atoms with Crippen molar-refractivity contribution in [1.82, 2.24) is 4.98 Å². The topological polar surface area (TPSA) is 42.4 Å². The van der Waals surface area contributed by atoms with Gasteiger partial charge >= 0.3 is 5.97 Å². The third-order valence-electron chi connectivity index (χ3n) is 4.29. The number of ether oxygens (including phenoxy) is 1. The van der Waals surface area contributed by atoms with Gasteiger partial charge in [0.2, 0.25) is 0 Å². The molecule has 4 nitrogen and oxygen atoms in total. The molecule has 0 amide bonds. The van der Waals surface area contributed by atoms with Crippen LogP contribution in [0, 0.1) is 17.5 Å². The highest BCUT2D eigenvalue weighted by atomic mass is 19.1. The van der Waals surface area contributed by atoms with Gasteiger partial charge in [-0.1, -0.05) is 12.1 Å². The van der Waals surface area contributed by atoms with E-state index in [0.717, 1.165) is 17.7 Å². The molecule has 0 aliphatic rings. The molecule has 3 rings (SSSR count). The third kappa shape index (κ3) is 4.74. The van der Waals surface area contributed by atoms with Crippen molar-refractivity contribution in [3.63, 3.8) is 0 Å². The van der Waals surface area contributed by atoms with E-state index < -0.39 is 17.6 Å². The molecule has 0 saturated heterocycles. The molecule has 0 aliphatic carbocycles. The fraction of sp³-hybridized carbons (Fsp3) is 0.182. The van der Waals surface area contributed by atoms with Gasteiger partial charge in [-0.15, -0.1) is 0 Å². The van der Waals surface area contributed by atoms with E-state index in [4.69, 9.17) is 4.74 Å². The number of nitrogens with zero attached hydrogens (tertiary/aromatic N) is 2. The van der Waals surface area contributed by atoms with E-state index in [1.165, 1.54) is 24.3 Å². The van der Waals surface area contributed by atoms with Gasteiger partial charge in [-0.3, -0.25) is 0 Å². The molecule has 0 N–H and O–H groups in total. The largest absolute Gasteiger partial charge is 0.462 e. The summed E-state index contributed by atoms with van der Waals surface area (Å²) in [7, 11) is 1.76. The molecule has 29 heavy (non-hydrogen) atoms. The lowest BCUT2D eigenvalue weighted by molar-refractivity contribution is 0.0527. The molecule has 0 aliphatic heterocycles. The minimum Gasteiger partial charge on any atom is -0.462 e. The number of halogens is 3. The number of hydrogen-bond acceptors (Lipinski definition) is 4. The third-order valence-corrected chi connectivity index (χ3v) is 4.29. The monoisotopic (exact) mass is 400 g/mol. The van der Waals surface area contributed by atoms with E-state index in [0.29, 0.717) is 12.4 Å². The Hall–Kier alpha value is -3.35. The molecule has 0 radical (unpaired) electrons. The van der Waals surface area contributed by atoms with Gasteiger partial charge in [-0.2, -0.15) is 0 Å². The minimum absolute atomic E-state index is 0.00788. The Labute approximate surface area is 166 Å². The van der Waals surface area contributed by atoms with E-state index in [1.807, 2.05) is 0 Å². The summed E-state index contributed by atoms with van der Waals surface area (Å²) in [4.78, 5) is 18.5.